The maximum absolute atomic E-state index is 12.1. The SMILES string of the molecule is CC(C)[C@H](NCc1ccc(C(=O)NC(N)=NC(=O)OC(C)(C)C)[nH]1)C(N)=O. The number of rotatable bonds is 6. The topological polar surface area (TPSA) is 165 Å². The maximum Gasteiger partial charge on any atom is 0.437 e. The molecule has 1 aromatic rings. The number of guanidine groups is 1. The van der Waals surface area contributed by atoms with Crippen LogP contribution in [0.25, 0.3) is 0 Å². The van der Waals surface area contributed by atoms with E-state index in [2.05, 4.69) is 20.6 Å². The Morgan fingerprint density at radius 3 is 2.37 bits per heavy atom. The van der Waals surface area contributed by atoms with Crippen molar-refractivity contribution in [3.05, 3.63) is 23.5 Å². The fourth-order valence-corrected chi connectivity index (χ4v) is 2.16. The number of aromatic nitrogens is 1. The van der Waals surface area contributed by atoms with Crippen LogP contribution in [-0.4, -0.2) is 40.5 Å². The Morgan fingerprint density at radius 2 is 1.85 bits per heavy atom. The molecule has 1 heterocycles. The van der Waals surface area contributed by atoms with Crippen LogP contribution in [0.3, 0.4) is 0 Å². The number of nitrogens with zero attached hydrogens (tertiary/aromatic N) is 1. The van der Waals surface area contributed by atoms with Gasteiger partial charge >= 0.3 is 6.09 Å². The van der Waals surface area contributed by atoms with Crippen molar-refractivity contribution in [3.63, 3.8) is 0 Å². The van der Waals surface area contributed by atoms with Crippen molar-refractivity contribution in [2.24, 2.45) is 22.4 Å². The van der Waals surface area contributed by atoms with E-state index in [-0.39, 0.29) is 17.6 Å². The molecular weight excluding hydrogens is 352 g/mol. The van der Waals surface area contributed by atoms with Gasteiger partial charge < -0.3 is 26.5 Å². The fourth-order valence-electron chi connectivity index (χ4n) is 2.16. The van der Waals surface area contributed by atoms with Gasteiger partial charge in [-0.05, 0) is 38.8 Å². The van der Waals surface area contributed by atoms with E-state index in [0.717, 1.165) is 0 Å². The number of ether oxygens (including phenoxy) is 1. The van der Waals surface area contributed by atoms with E-state index in [1.54, 1.807) is 32.9 Å². The molecule has 0 saturated heterocycles. The summed E-state index contributed by atoms with van der Waals surface area (Å²) in [4.78, 5) is 41.4. The third kappa shape index (κ3) is 7.90. The van der Waals surface area contributed by atoms with Gasteiger partial charge in [-0.3, -0.25) is 14.9 Å². The number of amides is 3. The molecule has 1 atom stereocenters. The van der Waals surface area contributed by atoms with E-state index in [4.69, 9.17) is 16.2 Å². The molecule has 10 nitrogen and oxygen atoms in total. The molecule has 1 aromatic heterocycles. The molecule has 10 heteroatoms. The minimum Gasteiger partial charge on any atom is -0.442 e. The highest BCUT2D eigenvalue weighted by molar-refractivity contribution is 6.06. The Bertz CT molecular complexity index is 717. The van der Waals surface area contributed by atoms with E-state index >= 15 is 0 Å². The Labute approximate surface area is 158 Å². The number of carbonyl (C=O) groups is 3. The average Bonchev–Trinajstić information content (AvgIpc) is 2.93. The van der Waals surface area contributed by atoms with Crippen molar-refractivity contribution in [1.29, 1.82) is 0 Å². The summed E-state index contributed by atoms with van der Waals surface area (Å²) in [5.41, 5.74) is 11.1. The zero-order chi connectivity index (χ0) is 20.8. The van der Waals surface area contributed by atoms with Crippen molar-refractivity contribution >= 4 is 23.9 Å². The first kappa shape index (κ1) is 22.2. The number of aromatic amines is 1. The molecule has 150 valence electrons. The Hall–Kier alpha value is -2.88. The van der Waals surface area contributed by atoms with Gasteiger partial charge in [0.25, 0.3) is 5.91 Å². The van der Waals surface area contributed by atoms with Crippen molar-refractivity contribution in [2.45, 2.75) is 52.8 Å². The van der Waals surface area contributed by atoms with E-state index in [1.807, 2.05) is 13.8 Å². The summed E-state index contributed by atoms with van der Waals surface area (Å²) in [6.07, 6.45) is -0.900. The summed E-state index contributed by atoms with van der Waals surface area (Å²) in [5, 5.41) is 5.32. The third-order valence-electron chi connectivity index (χ3n) is 3.32. The fraction of sp³-hybridized carbons (Fsp3) is 0.529. The Balaban J connectivity index is 2.65. The highest BCUT2D eigenvalue weighted by atomic mass is 16.6. The molecule has 7 N–H and O–H groups in total. The second kappa shape index (κ2) is 9.17. The normalized spacial score (nSPS) is 13.3. The quantitative estimate of drug-likeness (QED) is 0.358. The first-order valence-corrected chi connectivity index (χ1v) is 8.48. The Morgan fingerprint density at radius 1 is 1.22 bits per heavy atom. The van der Waals surface area contributed by atoms with Crippen LogP contribution in [0.1, 0.15) is 50.8 Å². The number of carbonyl (C=O) groups excluding carboxylic acids is 3. The first-order valence-electron chi connectivity index (χ1n) is 8.48. The summed E-state index contributed by atoms with van der Waals surface area (Å²) < 4.78 is 4.98. The van der Waals surface area contributed by atoms with Gasteiger partial charge in [-0.15, -0.1) is 4.99 Å². The molecule has 0 aliphatic carbocycles. The second-order valence-corrected chi connectivity index (χ2v) is 7.33. The molecule has 0 aromatic carbocycles. The molecule has 0 aliphatic rings. The van der Waals surface area contributed by atoms with Gasteiger partial charge in [-0.25, -0.2) is 4.79 Å². The maximum atomic E-state index is 12.1. The van der Waals surface area contributed by atoms with Crippen LogP contribution in [0.2, 0.25) is 0 Å². The monoisotopic (exact) mass is 380 g/mol. The van der Waals surface area contributed by atoms with Crippen LogP contribution < -0.4 is 22.1 Å². The molecule has 0 unspecified atom stereocenters. The summed E-state index contributed by atoms with van der Waals surface area (Å²) in [5.74, 6) is -1.36. The van der Waals surface area contributed by atoms with Gasteiger partial charge in [0.15, 0.2) is 0 Å². The number of H-pyrrole nitrogens is 1. The molecular formula is C17H28N6O4. The average molecular weight is 380 g/mol. The predicted octanol–water partition coefficient (Wildman–Crippen LogP) is 0.594. The lowest BCUT2D eigenvalue weighted by atomic mass is 10.0. The lowest BCUT2D eigenvalue weighted by Crippen LogP contribution is -2.44. The largest absolute Gasteiger partial charge is 0.442 e. The number of hydrogen-bond donors (Lipinski definition) is 5. The van der Waals surface area contributed by atoms with Crippen LogP contribution >= 0.6 is 0 Å². The lowest BCUT2D eigenvalue weighted by Gasteiger charge is -2.18. The predicted molar refractivity (Wildman–Crippen MR) is 101 cm³/mol. The molecule has 0 fully saturated rings. The van der Waals surface area contributed by atoms with Gasteiger partial charge in [0.05, 0.1) is 6.04 Å². The lowest BCUT2D eigenvalue weighted by molar-refractivity contribution is -0.121. The number of nitrogens with one attached hydrogen (secondary N) is 3. The minimum atomic E-state index is -0.900. The molecule has 0 saturated carbocycles. The highest BCUT2D eigenvalue weighted by Crippen LogP contribution is 2.08. The van der Waals surface area contributed by atoms with Crippen LogP contribution in [0.5, 0.6) is 0 Å². The molecule has 0 bridgehead atoms. The van der Waals surface area contributed by atoms with Crippen molar-refractivity contribution in [1.82, 2.24) is 15.6 Å². The number of hydrogen-bond acceptors (Lipinski definition) is 5. The number of nitrogens with two attached hydrogens (primary N) is 2. The standard InChI is InChI=1S/C17H28N6O4/c1-9(2)12(13(18)24)20-8-10-6-7-11(21-10)14(25)22-15(19)23-16(26)27-17(3,4)5/h6-7,9,12,20-21H,8H2,1-5H3,(H2,18,24)(H3,19,22,23,25,26)/t12-/m0/s1. The van der Waals surface area contributed by atoms with E-state index in [1.165, 1.54) is 0 Å². The highest BCUT2D eigenvalue weighted by Gasteiger charge is 2.19. The van der Waals surface area contributed by atoms with Crippen LogP contribution in [0, 0.1) is 5.92 Å². The van der Waals surface area contributed by atoms with Crippen molar-refractivity contribution in [2.75, 3.05) is 0 Å². The second-order valence-electron chi connectivity index (χ2n) is 7.33. The van der Waals surface area contributed by atoms with E-state index < -0.39 is 29.6 Å². The molecule has 0 radical (unpaired) electrons. The summed E-state index contributed by atoms with van der Waals surface area (Å²) in [7, 11) is 0. The van der Waals surface area contributed by atoms with Gasteiger partial charge in [-0.2, -0.15) is 0 Å². The Kier molecular flexibility index (Phi) is 7.53. The van der Waals surface area contributed by atoms with Gasteiger partial charge in [0.2, 0.25) is 11.9 Å². The zero-order valence-corrected chi connectivity index (χ0v) is 16.3. The van der Waals surface area contributed by atoms with Crippen molar-refractivity contribution in [3.8, 4) is 0 Å². The van der Waals surface area contributed by atoms with Crippen LogP contribution in [-0.2, 0) is 16.1 Å². The number of primary amides is 1. The van der Waals surface area contributed by atoms with Crippen LogP contribution in [0.15, 0.2) is 17.1 Å². The smallest absolute Gasteiger partial charge is 0.437 e. The van der Waals surface area contributed by atoms with E-state index in [0.29, 0.717) is 12.2 Å². The molecule has 3 amide bonds. The van der Waals surface area contributed by atoms with Crippen LogP contribution in [0.4, 0.5) is 4.79 Å². The van der Waals surface area contributed by atoms with E-state index in [9.17, 15) is 14.4 Å². The summed E-state index contributed by atoms with van der Waals surface area (Å²) >= 11 is 0. The van der Waals surface area contributed by atoms with Gasteiger partial charge in [0.1, 0.15) is 11.3 Å². The first-order chi connectivity index (χ1) is 12.4. The molecule has 27 heavy (non-hydrogen) atoms. The third-order valence-corrected chi connectivity index (χ3v) is 3.32. The molecule has 1 rings (SSSR count). The van der Waals surface area contributed by atoms with Gasteiger partial charge in [-0.1, -0.05) is 13.8 Å². The summed E-state index contributed by atoms with van der Waals surface area (Å²) in [6.45, 7) is 9.13. The zero-order valence-electron chi connectivity index (χ0n) is 16.3. The van der Waals surface area contributed by atoms with Gasteiger partial charge in [0, 0.05) is 12.2 Å². The number of aliphatic imine (C=N–C) groups is 1. The molecule has 0 aliphatic heterocycles. The summed E-state index contributed by atoms with van der Waals surface area (Å²) in [6, 6.07) is 2.74. The minimum absolute atomic E-state index is 0.0316. The van der Waals surface area contributed by atoms with Crippen molar-refractivity contribution < 1.29 is 19.1 Å². The molecule has 0 spiro atoms.